The zero-order valence-electron chi connectivity index (χ0n) is 12.4. The van der Waals surface area contributed by atoms with Gasteiger partial charge in [0.15, 0.2) is 0 Å². The summed E-state index contributed by atoms with van der Waals surface area (Å²) in [6.45, 7) is 8.65. The molecular weight excluding hydrogens is 260 g/mol. The summed E-state index contributed by atoms with van der Waals surface area (Å²) in [5, 5.41) is 0.788. The SMILES string of the molecule is COc1c(C(C)C)cc(Cl)cc1C(C)CC1OC1C. The maximum absolute atomic E-state index is 6.26. The Bertz CT molecular complexity index is 456. The predicted octanol–water partition coefficient (Wildman–Crippen LogP) is 4.75. The normalized spacial score (nSPS) is 23.5. The summed E-state index contributed by atoms with van der Waals surface area (Å²) in [5.74, 6) is 1.78. The number of ether oxygens (including phenoxy) is 2. The Kier molecular flexibility index (Phi) is 4.42. The molecule has 19 heavy (non-hydrogen) atoms. The van der Waals surface area contributed by atoms with Crippen molar-refractivity contribution in [2.24, 2.45) is 0 Å². The van der Waals surface area contributed by atoms with E-state index in [-0.39, 0.29) is 0 Å². The molecule has 0 aromatic heterocycles. The van der Waals surface area contributed by atoms with Gasteiger partial charge in [0.1, 0.15) is 5.75 Å². The van der Waals surface area contributed by atoms with Gasteiger partial charge in [-0.05, 0) is 48.4 Å². The van der Waals surface area contributed by atoms with Crippen LogP contribution in [0.2, 0.25) is 5.02 Å². The molecule has 1 heterocycles. The maximum atomic E-state index is 6.26. The Labute approximate surface area is 121 Å². The number of methoxy groups -OCH3 is 1. The highest BCUT2D eigenvalue weighted by molar-refractivity contribution is 6.30. The van der Waals surface area contributed by atoms with Crippen LogP contribution in [-0.2, 0) is 4.74 Å². The molecule has 0 amide bonds. The van der Waals surface area contributed by atoms with E-state index in [0.717, 1.165) is 17.2 Å². The first-order valence-corrected chi connectivity index (χ1v) is 7.34. The van der Waals surface area contributed by atoms with E-state index in [1.54, 1.807) is 7.11 Å². The Morgan fingerprint density at radius 2 is 1.84 bits per heavy atom. The van der Waals surface area contributed by atoms with Crippen molar-refractivity contribution < 1.29 is 9.47 Å². The lowest BCUT2D eigenvalue weighted by atomic mass is 9.90. The maximum Gasteiger partial charge on any atom is 0.125 e. The molecule has 3 unspecified atom stereocenters. The van der Waals surface area contributed by atoms with Gasteiger partial charge in [-0.3, -0.25) is 0 Å². The molecule has 3 atom stereocenters. The largest absolute Gasteiger partial charge is 0.496 e. The van der Waals surface area contributed by atoms with Crippen LogP contribution in [0, 0.1) is 0 Å². The van der Waals surface area contributed by atoms with Crippen LogP contribution in [0.4, 0.5) is 0 Å². The summed E-state index contributed by atoms with van der Waals surface area (Å²) in [7, 11) is 1.74. The standard InChI is InChI=1S/C16H23ClO2/c1-9(2)13-7-12(17)8-14(16(13)18-5)10(3)6-15-11(4)19-15/h7-11,15H,6H2,1-5H3. The highest BCUT2D eigenvalue weighted by atomic mass is 35.5. The van der Waals surface area contributed by atoms with Gasteiger partial charge in [0.05, 0.1) is 19.3 Å². The molecule has 1 aromatic carbocycles. The van der Waals surface area contributed by atoms with E-state index in [9.17, 15) is 0 Å². The van der Waals surface area contributed by atoms with Gasteiger partial charge in [0.25, 0.3) is 0 Å². The monoisotopic (exact) mass is 282 g/mol. The lowest BCUT2D eigenvalue weighted by molar-refractivity contribution is 0.357. The molecule has 3 heteroatoms. The average molecular weight is 283 g/mol. The fourth-order valence-electron chi connectivity index (χ4n) is 2.62. The van der Waals surface area contributed by atoms with Gasteiger partial charge in [-0.2, -0.15) is 0 Å². The van der Waals surface area contributed by atoms with E-state index in [1.807, 2.05) is 12.1 Å². The highest BCUT2D eigenvalue weighted by Crippen LogP contribution is 2.40. The number of halogens is 1. The molecule has 1 fully saturated rings. The first kappa shape index (κ1) is 14.7. The van der Waals surface area contributed by atoms with Gasteiger partial charge in [0.2, 0.25) is 0 Å². The van der Waals surface area contributed by atoms with Gasteiger partial charge in [-0.25, -0.2) is 0 Å². The van der Waals surface area contributed by atoms with Crippen molar-refractivity contribution >= 4 is 11.6 Å². The van der Waals surface area contributed by atoms with Crippen LogP contribution in [0.5, 0.6) is 5.75 Å². The predicted molar refractivity (Wildman–Crippen MR) is 79.5 cm³/mol. The molecule has 0 aliphatic carbocycles. The lowest BCUT2D eigenvalue weighted by Gasteiger charge is -2.20. The topological polar surface area (TPSA) is 21.8 Å². The molecule has 0 saturated carbocycles. The lowest BCUT2D eigenvalue weighted by Crippen LogP contribution is -2.05. The van der Waals surface area contributed by atoms with Crippen molar-refractivity contribution in [1.82, 2.24) is 0 Å². The number of hydrogen-bond donors (Lipinski definition) is 0. The Morgan fingerprint density at radius 1 is 1.26 bits per heavy atom. The number of hydrogen-bond acceptors (Lipinski definition) is 2. The van der Waals surface area contributed by atoms with Gasteiger partial charge >= 0.3 is 0 Å². The molecule has 1 aliphatic heterocycles. The van der Waals surface area contributed by atoms with E-state index in [4.69, 9.17) is 21.1 Å². The van der Waals surface area contributed by atoms with Crippen LogP contribution in [0.15, 0.2) is 12.1 Å². The summed E-state index contributed by atoms with van der Waals surface area (Å²) >= 11 is 6.26. The summed E-state index contributed by atoms with van der Waals surface area (Å²) in [6.07, 6.45) is 1.81. The molecule has 1 aromatic rings. The Hall–Kier alpha value is -0.730. The van der Waals surface area contributed by atoms with Gasteiger partial charge in [-0.15, -0.1) is 0 Å². The minimum Gasteiger partial charge on any atom is -0.496 e. The molecule has 1 saturated heterocycles. The van der Waals surface area contributed by atoms with Crippen molar-refractivity contribution in [1.29, 1.82) is 0 Å². The van der Waals surface area contributed by atoms with Crippen LogP contribution in [0.3, 0.4) is 0 Å². The smallest absolute Gasteiger partial charge is 0.125 e. The third-order valence-electron chi connectivity index (χ3n) is 3.89. The summed E-state index contributed by atoms with van der Waals surface area (Å²) in [5.41, 5.74) is 2.38. The summed E-state index contributed by atoms with van der Waals surface area (Å²) in [6, 6.07) is 4.04. The van der Waals surface area contributed by atoms with Crippen molar-refractivity contribution in [3.8, 4) is 5.75 Å². The van der Waals surface area contributed by atoms with Gasteiger partial charge in [-0.1, -0.05) is 32.4 Å². The van der Waals surface area contributed by atoms with Gasteiger partial charge in [0, 0.05) is 5.02 Å². The fraction of sp³-hybridized carbons (Fsp3) is 0.625. The molecule has 2 nitrogen and oxygen atoms in total. The molecule has 106 valence electrons. The molecule has 0 radical (unpaired) electrons. The molecule has 0 bridgehead atoms. The van der Waals surface area contributed by atoms with Crippen molar-refractivity contribution in [2.45, 2.75) is 58.2 Å². The van der Waals surface area contributed by atoms with Crippen molar-refractivity contribution in [3.63, 3.8) is 0 Å². The quantitative estimate of drug-likeness (QED) is 0.727. The van der Waals surface area contributed by atoms with E-state index < -0.39 is 0 Å². The van der Waals surface area contributed by atoms with Crippen molar-refractivity contribution in [3.05, 3.63) is 28.3 Å². The van der Waals surface area contributed by atoms with Crippen molar-refractivity contribution in [2.75, 3.05) is 7.11 Å². The first-order chi connectivity index (χ1) is 8.93. The Morgan fingerprint density at radius 3 is 2.32 bits per heavy atom. The minimum atomic E-state index is 0.390. The Balaban J connectivity index is 2.31. The average Bonchev–Trinajstić information content (AvgIpc) is 3.03. The number of rotatable bonds is 5. The van der Waals surface area contributed by atoms with Crippen LogP contribution in [0.25, 0.3) is 0 Å². The van der Waals surface area contributed by atoms with Crippen LogP contribution in [-0.4, -0.2) is 19.3 Å². The van der Waals surface area contributed by atoms with Crippen LogP contribution in [0.1, 0.15) is 57.1 Å². The highest BCUT2D eigenvalue weighted by Gasteiger charge is 2.36. The second-order valence-corrected chi connectivity index (χ2v) is 6.23. The van der Waals surface area contributed by atoms with E-state index >= 15 is 0 Å². The molecule has 1 aliphatic rings. The zero-order valence-corrected chi connectivity index (χ0v) is 13.1. The minimum absolute atomic E-state index is 0.390. The summed E-state index contributed by atoms with van der Waals surface area (Å²) in [4.78, 5) is 0. The first-order valence-electron chi connectivity index (χ1n) is 6.96. The number of benzene rings is 1. The summed E-state index contributed by atoms with van der Waals surface area (Å²) < 4.78 is 11.2. The molecule has 0 spiro atoms. The third-order valence-corrected chi connectivity index (χ3v) is 4.11. The second kappa shape index (κ2) is 5.72. The zero-order chi connectivity index (χ0) is 14.2. The van der Waals surface area contributed by atoms with E-state index in [1.165, 1.54) is 11.1 Å². The molecular formula is C16H23ClO2. The van der Waals surface area contributed by atoms with E-state index in [2.05, 4.69) is 27.7 Å². The fourth-order valence-corrected chi connectivity index (χ4v) is 2.86. The van der Waals surface area contributed by atoms with E-state index in [0.29, 0.717) is 24.0 Å². The molecule has 2 rings (SSSR count). The van der Waals surface area contributed by atoms with Crippen LogP contribution < -0.4 is 4.74 Å². The van der Waals surface area contributed by atoms with Crippen LogP contribution >= 0.6 is 11.6 Å². The second-order valence-electron chi connectivity index (χ2n) is 5.79. The molecule has 0 N–H and O–H groups in total. The number of epoxide rings is 1. The van der Waals surface area contributed by atoms with Gasteiger partial charge < -0.3 is 9.47 Å². The third kappa shape index (κ3) is 3.24.